The minimum Gasteiger partial charge on any atom is -0.458 e. The average molecular weight is 280 g/mol. The summed E-state index contributed by atoms with van der Waals surface area (Å²) in [5.74, 6) is -0.493. The summed E-state index contributed by atoms with van der Waals surface area (Å²) in [7, 11) is 0. The van der Waals surface area contributed by atoms with E-state index in [0.29, 0.717) is 25.7 Å². The number of rotatable bonds is 8. The van der Waals surface area contributed by atoms with Crippen molar-refractivity contribution in [2.75, 3.05) is 0 Å². The Bertz CT molecular complexity index is 314. The van der Waals surface area contributed by atoms with Crippen LogP contribution in [-0.4, -0.2) is 24.1 Å². The lowest BCUT2D eigenvalue weighted by atomic mass is 9.94. The van der Waals surface area contributed by atoms with Gasteiger partial charge in [0.2, 0.25) is 0 Å². The molecule has 0 bridgehead atoms. The normalized spacial score (nSPS) is 21.8. The first kappa shape index (κ1) is 16.5. The van der Waals surface area contributed by atoms with Crippen molar-refractivity contribution < 1.29 is 19.1 Å². The fourth-order valence-corrected chi connectivity index (χ4v) is 2.23. The molecule has 2 unspecified atom stereocenters. The van der Waals surface area contributed by atoms with Crippen LogP contribution in [0.2, 0.25) is 0 Å². The van der Waals surface area contributed by atoms with E-state index in [1.54, 1.807) is 12.2 Å². The molecule has 20 heavy (non-hydrogen) atoms. The number of hydrogen-bond acceptors (Lipinski definition) is 4. The van der Waals surface area contributed by atoms with Crippen LogP contribution in [0.3, 0.4) is 0 Å². The van der Waals surface area contributed by atoms with Gasteiger partial charge >= 0.3 is 11.9 Å². The summed E-state index contributed by atoms with van der Waals surface area (Å²) in [6.45, 7) is 7.15. The summed E-state index contributed by atoms with van der Waals surface area (Å²) in [6, 6.07) is 0. The van der Waals surface area contributed by atoms with E-state index in [1.807, 2.05) is 0 Å². The first-order valence-electron chi connectivity index (χ1n) is 7.28. The van der Waals surface area contributed by atoms with Crippen LogP contribution in [0.15, 0.2) is 25.3 Å². The standard InChI is InChI=1S/C16H24O4/c1-3-5-11-15(17)19-13-9-7-8-10-14(13)20-16(18)12-6-4-2/h3-4,13-14H,1-2,5-12H2. The van der Waals surface area contributed by atoms with Gasteiger partial charge in [-0.05, 0) is 38.5 Å². The minimum absolute atomic E-state index is 0.246. The highest BCUT2D eigenvalue weighted by Gasteiger charge is 2.31. The van der Waals surface area contributed by atoms with Gasteiger partial charge in [0.25, 0.3) is 0 Å². The fraction of sp³-hybridized carbons (Fsp3) is 0.625. The third-order valence-electron chi connectivity index (χ3n) is 3.31. The summed E-state index contributed by atoms with van der Waals surface area (Å²) in [5.41, 5.74) is 0. The zero-order valence-electron chi connectivity index (χ0n) is 12.0. The predicted molar refractivity (Wildman–Crippen MR) is 77.1 cm³/mol. The van der Waals surface area contributed by atoms with Crippen molar-refractivity contribution in [3.63, 3.8) is 0 Å². The maximum Gasteiger partial charge on any atom is 0.306 e. The SMILES string of the molecule is C=CCCC(=O)OC1CCCCC1OC(=O)CCC=C. The lowest BCUT2D eigenvalue weighted by Gasteiger charge is -2.30. The van der Waals surface area contributed by atoms with E-state index >= 15 is 0 Å². The topological polar surface area (TPSA) is 52.6 Å². The molecular formula is C16H24O4. The molecule has 1 aliphatic carbocycles. The molecule has 0 aromatic rings. The molecule has 4 heteroatoms. The average Bonchev–Trinajstić information content (AvgIpc) is 2.45. The van der Waals surface area contributed by atoms with E-state index in [0.717, 1.165) is 25.7 Å². The highest BCUT2D eigenvalue weighted by Crippen LogP contribution is 2.25. The van der Waals surface area contributed by atoms with E-state index < -0.39 is 0 Å². The second-order valence-corrected chi connectivity index (χ2v) is 5.00. The number of carbonyl (C=O) groups excluding carboxylic acids is 2. The highest BCUT2D eigenvalue weighted by atomic mass is 16.6. The molecule has 4 nitrogen and oxygen atoms in total. The van der Waals surface area contributed by atoms with Crippen LogP contribution >= 0.6 is 0 Å². The van der Waals surface area contributed by atoms with Gasteiger partial charge in [0.1, 0.15) is 12.2 Å². The maximum atomic E-state index is 11.6. The van der Waals surface area contributed by atoms with Crippen molar-refractivity contribution in [2.45, 2.75) is 63.6 Å². The number of hydrogen-bond donors (Lipinski definition) is 0. The minimum atomic E-state index is -0.297. The Kier molecular flexibility index (Phi) is 7.70. The first-order valence-corrected chi connectivity index (χ1v) is 7.28. The van der Waals surface area contributed by atoms with Crippen molar-refractivity contribution in [3.05, 3.63) is 25.3 Å². The highest BCUT2D eigenvalue weighted by molar-refractivity contribution is 5.70. The van der Waals surface area contributed by atoms with E-state index in [-0.39, 0.29) is 24.1 Å². The molecule has 1 aliphatic rings. The Balaban J connectivity index is 2.44. The van der Waals surface area contributed by atoms with Crippen molar-refractivity contribution >= 4 is 11.9 Å². The number of esters is 2. The summed E-state index contributed by atoms with van der Waals surface area (Å²) < 4.78 is 10.9. The number of allylic oxidation sites excluding steroid dienone is 2. The Labute approximate surface area is 120 Å². The molecule has 0 aromatic carbocycles. The molecule has 0 radical (unpaired) electrons. The van der Waals surface area contributed by atoms with Gasteiger partial charge in [0.05, 0.1) is 0 Å². The lowest BCUT2D eigenvalue weighted by Crippen LogP contribution is -2.37. The van der Waals surface area contributed by atoms with Crippen LogP contribution in [0.1, 0.15) is 51.4 Å². The van der Waals surface area contributed by atoms with Crippen molar-refractivity contribution in [2.24, 2.45) is 0 Å². The Morgan fingerprint density at radius 3 is 1.65 bits per heavy atom. The summed E-state index contributed by atoms with van der Waals surface area (Å²) in [5, 5.41) is 0. The monoisotopic (exact) mass is 280 g/mol. The van der Waals surface area contributed by atoms with Crippen molar-refractivity contribution in [3.8, 4) is 0 Å². The van der Waals surface area contributed by atoms with E-state index in [2.05, 4.69) is 13.2 Å². The number of ether oxygens (including phenoxy) is 2. The molecule has 1 saturated carbocycles. The van der Waals surface area contributed by atoms with E-state index in [9.17, 15) is 9.59 Å². The molecule has 2 atom stereocenters. The maximum absolute atomic E-state index is 11.6. The largest absolute Gasteiger partial charge is 0.458 e. The molecule has 0 aromatic heterocycles. The Morgan fingerprint density at radius 2 is 1.30 bits per heavy atom. The predicted octanol–water partition coefficient (Wildman–Crippen LogP) is 3.32. The molecule has 0 amide bonds. The van der Waals surface area contributed by atoms with Gasteiger partial charge in [-0.2, -0.15) is 0 Å². The molecule has 0 spiro atoms. The van der Waals surface area contributed by atoms with Crippen LogP contribution in [-0.2, 0) is 19.1 Å². The van der Waals surface area contributed by atoms with Gasteiger partial charge in [-0.25, -0.2) is 0 Å². The third-order valence-corrected chi connectivity index (χ3v) is 3.31. The zero-order valence-corrected chi connectivity index (χ0v) is 12.0. The third kappa shape index (κ3) is 6.04. The van der Waals surface area contributed by atoms with Gasteiger partial charge in [0.15, 0.2) is 0 Å². The molecule has 0 saturated heterocycles. The summed E-state index contributed by atoms with van der Waals surface area (Å²) >= 11 is 0. The zero-order chi connectivity index (χ0) is 14.8. The summed E-state index contributed by atoms with van der Waals surface area (Å²) in [6.07, 6.45) is 8.18. The number of carbonyl (C=O) groups is 2. The van der Waals surface area contributed by atoms with Gasteiger partial charge in [-0.3, -0.25) is 9.59 Å². The second kappa shape index (κ2) is 9.34. The van der Waals surface area contributed by atoms with E-state index in [1.165, 1.54) is 0 Å². The van der Waals surface area contributed by atoms with Gasteiger partial charge < -0.3 is 9.47 Å². The molecule has 0 heterocycles. The fourth-order valence-electron chi connectivity index (χ4n) is 2.23. The van der Waals surface area contributed by atoms with Crippen molar-refractivity contribution in [1.29, 1.82) is 0 Å². The van der Waals surface area contributed by atoms with Crippen LogP contribution in [0.25, 0.3) is 0 Å². The Morgan fingerprint density at radius 1 is 0.900 bits per heavy atom. The molecule has 1 fully saturated rings. The van der Waals surface area contributed by atoms with Gasteiger partial charge in [0, 0.05) is 12.8 Å². The molecule has 112 valence electrons. The van der Waals surface area contributed by atoms with E-state index in [4.69, 9.17) is 9.47 Å². The Hall–Kier alpha value is -1.58. The second-order valence-electron chi connectivity index (χ2n) is 5.00. The van der Waals surface area contributed by atoms with Crippen LogP contribution in [0.4, 0.5) is 0 Å². The smallest absolute Gasteiger partial charge is 0.306 e. The molecule has 0 aliphatic heterocycles. The van der Waals surface area contributed by atoms with Gasteiger partial charge in [-0.1, -0.05) is 12.2 Å². The molecular weight excluding hydrogens is 256 g/mol. The summed E-state index contributed by atoms with van der Waals surface area (Å²) in [4.78, 5) is 23.3. The quantitative estimate of drug-likeness (QED) is 0.505. The van der Waals surface area contributed by atoms with Crippen LogP contribution in [0.5, 0.6) is 0 Å². The lowest BCUT2D eigenvalue weighted by molar-refractivity contribution is -0.171. The van der Waals surface area contributed by atoms with Gasteiger partial charge in [-0.15, -0.1) is 13.2 Å². The van der Waals surface area contributed by atoms with Crippen LogP contribution in [0, 0.1) is 0 Å². The molecule has 1 rings (SSSR count). The molecule has 0 N–H and O–H groups in total. The van der Waals surface area contributed by atoms with Crippen molar-refractivity contribution in [1.82, 2.24) is 0 Å². The van der Waals surface area contributed by atoms with Crippen LogP contribution < -0.4 is 0 Å². The first-order chi connectivity index (χ1) is 9.67.